The van der Waals surface area contributed by atoms with Crippen molar-refractivity contribution < 1.29 is 19.4 Å². The third kappa shape index (κ3) is 3.00. The van der Waals surface area contributed by atoms with E-state index in [0.29, 0.717) is 18.9 Å². The average molecular weight is 249 g/mol. The summed E-state index contributed by atoms with van der Waals surface area (Å²) in [5, 5.41) is 8.62. The third-order valence-corrected chi connectivity index (χ3v) is 2.71. The topological polar surface area (TPSA) is 68.1 Å². The van der Waals surface area contributed by atoms with Crippen molar-refractivity contribution in [2.24, 2.45) is 4.99 Å². The Morgan fingerprint density at radius 2 is 2.44 bits per heavy atom. The van der Waals surface area contributed by atoms with Gasteiger partial charge in [0.15, 0.2) is 0 Å². The Hall–Kier alpha value is -2.04. The summed E-state index contributed by atoms with van der Waals surface area (Å²) < 4.78 is 10.8. The number of benzene rings is 1. The molecule has 1 aromatic carbocycles. The van der Waals surface area contributed by atoms with Crippen molar-refractivity contribution in [2.45, 2.75) is 18.9 Å². The molecule has 1 heterocycles. The molecule has 0 spiro atoms. The van der Waals surface area contributed by atoms with Crippen molar-refractivity contribution in [3.8, 4) is 5.75 Å². The van der Waals surface area contributed by atoms with Gasteiger partial charge in [-0.3, -0.25) is 4.79 Å². The van der Waals surface area contributed by atoms with E-state index in [0.717, 1.165) is 11.3 Å². The van der Waals surface area contributed by atoms with Gasteiger partial charge in [-0.1, -0.05) is 6.07 Å². The van der Waals surface area contributed by atoms with E-state index in [1.54, 1.807) is 7.11 Å². The summed E-state index contributed by atoms with van der Waals surface area (Å²) in [4.78, 5) is 14.8. The highest BCUT2D eigenvalue weighted by Gasteiger charge is 2.21. The van der Waals surface area contributed by atoms with Crippen LogP contribution >= 0.6 is 0 Å². The van der Waals surface area contributed by atoms with Crippen molar-refractivity contribution in [2.75, 3.05) is 13.7 Å². The molecule has 18 heavy (non-hydrogen) atoms. The number of rotatable bonds is 5. The van der Waals surface area contributed by atoms with E-state index in [1.165, 1.54) is 0 Å². The van der Waals surface area contributed by atoms with E-state index >= 15 is 0 Å². The lowest BCUT2D eigenvalue weighted by Gasteiger charge is -2.10. The van der Waals surface area contributed by atoms with E-state index in [9.17, 15) is 4.79 Å². The molecule has 0 aliphatic carbocycles. The summed E-state index contributed by atoms with van der Waals surface area (Å²) in [5.74, 6) is 0.491. The number of nitrogens with zero attached hydrogens (tertiary/aromatic N) is 1. The molecule has 2 rings (SSSR count). The van der Waals surface area contributed by atoms with Crippen molar-refractivity contribution in [3.63, 3.8) is 0 Å². The summed E-state index contributed by atoms with van der Waals surface area (Å²) in [5.41, 5.74) is 0.854. The number of carboxylic acid groups (broad SMARTS) is 1. The quantitative estimate of drug-likeness (QED) is 0.862. The Morgan fingerprint density at radius 3 is 3.17 bits per heavy atom. The SMILES string of the molecule is COc1cccc(C2=NCC(CCC(=O)O)O2)c1. The van der Waals surface area contributed by atoms with Gasteiger partial charge in [0, 0.05) is 12.0 Å². The molecule has 0 saturated heterocycles. The Kier molecular flexibility index (Phi) is 3.82. The molecule has 0 saturated carbocycles. The molecular formula is C13H15NO4. The second-order valence-corrected chi connectivity index (χ2v) is 4.05. The zero-order chi connectivity index (χ0) is 13.0. The van der Waals surface area contributed by atoms with Gasteiger partial charge < -0.3 is 14.6 Å². The number of carbonyl (C=O) groups is 1. The highest BCUT2D eigenvalue weighted by Crippen LogP contribution is 2.19. The summed E-state index contributed by atoms with van der Waals surface area (Å²) in [6.45, 7) is 0.514. The van der Waals surface area contributed by atoms with Crippen molar-refractivity contribution in [1.82, 2.24) is 0 Å². The van der Waals surface area contributed by atoms with Crippen LogP contribution in [0.2, 0.25) is 0 Å². The van der Waals surface area contributed by atoms with E-state index in [-0.39, 0.29) is 12.5 Å². The van der Waals surface area contributed by atoms with Gasteiger partial charge in [-0.15, -0.1) is 0 Å². The number of ether oxygens (including phenoxy) is 2. The molecule has 1 N–H and O–H groups in total. The lowest BCUT2D eigenvalue weighted by molar-refractivity contribution is -0.137. The Bertz CT molecular complexity index is 470. The minimum atomic E-state index is -0.812. The number of hydrogen-bond donors (Lipinski definition) is 1. The molecule has 1 aromatic rings. The smallest absolute Gasteiger partial charge is 0.303 e. The van der Waals surface area contributed by atoms with Crippen molar-refractivity contribution >= 4 is 11.9 Å². The van der Waals surface area contributed by atoms with Crippen LogP contribution < -0.4 is 4.74 Å². The van der Waals surface area contributed by atoms with Crippen LogP contribution in [-0.2, 0) is 9.53 Å². The van der Waals surface area contributed by atoms with Crippen LogP contribution in [0.3, 0.4) is 0 Å². The summed E-state index contributed by atoms with van der Waals surface area (Å²) >= 11 is 0. The first kappa shape index (κ1) is 12.4. The minimum absolute atomic E-state index is 0.103. The van der Waals surface area contributed by atoms with Crippen molar-refractivity contribution in [1.29, 1.82) is 0 Å². The maximum Gasteiger partial charge on any atom is 0.303 e. The molecule has 5 nitrogen and oxygen atoms in total. The maximum absolute atomic E-state index is 10.5. The maximum atomic E-state index is 10.5. The molecular weight excluding hydrogens is 234 g/mol. The molecule has 1 aliphatic rings. The van der Waals surface area contributed by atoms with Gasteiger partial charge in [0.1, 0.15) is 11.9 Å². The summed E-state index contributed by atoms with van der Waals surface area (Å²) in [7, 11) is 1.60. The second-order valence-electron chi connectivity index (χ2n) is 4.05. The summed E-state index contributed by atoms with van der Waals surface area (Å²) in [6, 6.07) is 7.45. The van der Waals surface area contributed by atoms with E-state index in [4.69, 9.17) is 14.6 Å². The number of hydrogen-bond acceptors (Lipinski definition) is 4. The zero-order valence-electron chi connectivity index (χ0n) is 10.1. The van der Waals surface area contributed by atoms with Crippen LogP contribution in [0.15, 0.2) is 29.3 Å². The van der Waals surface area contributed by atoms with Gasteiger partial charge in [0.25, 0.3) is 0 Å². The average Bonchev–Trinajstić information content (AvgIpc) is 2.85. The van der Waals surface area contributed by atoms with Crippen molar-refractivity contribution in [3.05, 3.63) is 29.8 Å². The van der Waals surface area contributed by atoms with Crippen LogP contribution in [0.1, 0.15) is 18.4 Å². The van der Waals surface area contributed by atoms with Gasteiger partial charge in [-0.2, -0.15) is 0 Å². The molecule has 0 amide bonds. The molecule has 0 fully saturated rings. The van der Waals surface area contributed by atoms with E-state index in [2.05, 4.69) is 4.99 Å². The van der Waals surface area contributed by atoms with Gasteiger partial charge in [0.05, 0.1) is 13.7 Å². The molecule has 1 atom stereocenters. The first-order valence-electron chi connectivity index (χ1n) is 5.76. The Balaban J connectivity index is 1.97. The highest BCUT2D eigenvalue weighted by atomic mass is 16.5. The van der Waals surface area contributed by atoms with E-state index in [1.807, 2.05) is 24.3 Å². The fourth-order valence-corrected chi connectivity index (χ4v) is 1.77. The molecule has 0 radical (unpaired) electrons. The Morgan fingerprint density at radius 1 is 1.61 bits per heavy atom. The molecule has 5 heteroatoms. The minimum Gasteiger partial charge on any atom is -0.497 e. The zero-order valence-corrected chi connectivity index (χ0v) is 10.1. The van der Waals surface area contributed by atoms with E-state index < -0.39 is 5.97 Å². The van der Waals surface area contributed by atoms with Gasteiger partial charge in [0.2, 0.25) is 5.90 Å². The fourth-order valence-electron chi connectivity index (χ4n) is 1.77. The predicted molar refractivity (Wildman–Crippen MR) is 66.1 cm³/mol. The lowest BCUT2D eigenvalue weighted by Crippen LogP contribution is -2.15. The molecule has 1 unspecified atom stereocenters. The Labute approximate surface area is 105 Å². The third-order valence-electron chi connectivity index (χ3n) is 2.71. The van der Waals surface area contributed by atoms with Crippen LogP contribution in [0, 0.1) is 0 Å². The first-order chi connectivity index (χ1) is 8.69. The molecule has 0 bridgehead atoms. The fraction of sp³-hybridized carbons (Fsp3) is 0.385. The standard InChI is InChI=1S/C13H15NO4/c1-17-10-4-2-3-9(7-10)13-14-8-11(18-13)5-6-12(15)16/h2-4,7,11H,5-6,8H2,1H3,(H,15,16). The molecule has 0 aromatic heterocycles. The number of methoxy groups -OCH3 is 1. The monoisotopic (exact) mass is 249 g/mol. The lowest BCUT2D eigenvalue weighted by atomic mass is 10.2. The summed E-state index contributed by atoms with van der Waals surface area (Å²) in [6.07, 6.45) is 0.444. The first-order valence-corrected chi connectivity index (χ1v) is 5.76. The van der Waals surface area contributed by atoms with Gasteiger partial charge >= 0.3 is 5.97 Å². The van der Waals surface area contributed by atoms with Crippen LogP contribution in [0.5, 0.6) is 5.75 Å². The second kappa shape index (κ2) is 5.53. The van der Waals surface area contributed by atoms with Crippen LogP contribution in [-0.4, -0.2) is 36.7 Å². The van der Waals surface area contributed by atoms with Crippen LogP contribution in [0.4, 0.5) is 0 Å². The van der Waals surface area contributed by atoms with Crippen LogP contribution in [0.25, 0.3) is 0 Å². The molecule has 96 valence electrons. The van der Waals surface area contributed by atoms with Gasteiger partial charge in [-0.05, 0) is 24.6 Å². The normalized spacial score (nSPS) is 18.1. The predicted octanol–water partition coefficient (Wildman–Crippen LogP) is 1.71. The highest BCUT2D eigenvalue weighted by molar-refractivity contribution is 5.95. The largest absolute Gasteiger partial charge is 0.497 e. The van der Waals surface area contributed by atoms with Gasteiger partial charge in [-0.25, -0.2) is 4.99 Å². The number of carboxylic acids is 1. The number of aliphatic carboxylic acids is 1. The molecule has 1 aliphatic heterocycles. The number of aliphatic imine (C=N–C) groups is 1.